The monoisotopic (exact) mass is 498 g/mol. The molecule has 0 atom stereocenters. The highest BCUT2D eigenvalue weighted by Crippen LogP contribution is 2.47. The van der Waals surface area contributed by atoms with Gasteiger partial charge in [0.2, 0.25) is 0 Å². The van der Waals surface area contributed by atoms with Crippen LogP contribution < -0.4 is 4.74 Å². The Labute approximate surface area is 173 Å². The fraction of sp³-hybridized carbons (Fsp3) is 0.211. The van der Waals surface area contributed by atoms with Gasteiger partial charge in [-0.15, -0.1) is 23.5 Å². The predicted octanol–water partition coefficient (Wildman–Crippen LogP) is 6.70. The third-order valence-electron chi connectivity index (χ3n) is 3.55. The summed E-state index contributed by atoms with van der Waals surface area (Å²) in [4.78, 5) is 12.2. The van der Waals surface area contributed by atoms with Crippen LogP contribution in [0, 0.1) is 0 Å². The third kappa shape index (κ3) is 5.64. The third-order valence-corrected chi connectivity index (χ3v) is 7.55. The molecule has 0 aromatic heterocycles. The van der Waals surface area contributed by atoms with Gasteiger partial charge in [-0.25, -0.2) is 4.79 Å². The van der Waals surface area contributed by atoms with E-state index in [1.165, 1.54) is 12.5 Å². The van der Waals surface area contributed by atoms with Gasteiger partial charge >= 0.3 is 5.97 Å². The number of ether oxygens (including phenoxy) is 1. The second-order valence-corrected chi connectivity index (χ2v) is 9.97. The number of hydrogen-bond donors (Lipinski definition) is 0. The number of thioether (sulfide) groups is 2. The van der Waals surface area contributed by atoms with E-state index in [0.29, 0.717) is 10.3 Å². The molecule has 6 heteroatoms. The zero-order chi connectivity index (χ0) is 17.6. The lowest BCUT2D eigenvalue weighted by atomic mass is 10.2. The molecule has 0 radical (unpaired) electrons. The van der Waals surface area contributed by atoms with Crippen LogP contribution >= 0.6 is 55.4 Å². The zero-order valence-corrected chi connectivity index (χ0v) is 18.1. The molecule has 2 aromatic rings. The number of carbonyl (C=O) groups excluding carboxylic acids is 1. The smallest absolute Gasteiger partial charge is 0.336 e. The Kier molecular flexibility index (Phi) is 7.10. The number of esters is 1. The molecule has 1 saturated heterocycles. The SMILES string of the molecule is O=C(/C=C\c1ccc(Br)cc1)Oc1ccc(Br)cc1C1SCCCS1. The van der Waals surface area contributed by atoms with Crippen molar-refractivity contribution in [1.82, 2.24) is 0 Å². The topological polar surface area (TPSA) is 26.3 Å². The zero-order valence-electron chi connectivity index (χ0n) is 13.3. The molecule has 0 bridgehead atoms. The first-order valence-corrected chi connectivity index (χ1v) is 11.5. The van der Waals surface area contributed by atoms with Crippen molar-refractivity contribution >= 4 is 67.4 Å². The second-order valence-electron chi connectivity index (χ2n) is 5.42. The standard InChI is InChI=1S/C19H16Br2O2S2/c20-14-5-2-13(3-6-14)4-9-18(22)23-17-8-7-15(21)12-16(17)19-24-10-1-11-25-19/h2-9,12,19H,1,10-11H2/b9-4-. The molecule has 1 aliphatic rings. The van der Waals surface area contributed by atoms with Crippen LogP contribution in [0.2, 0.25) is 0 Å². The van der Waals surface area contributed by atoms with E-state index in [1.54, 1.807) is 6.08 Å². The molecule has 0 N–H and O–H groups in total. The molecule has 2 nitrogen and oxygen atoms in total. The lowest BCUT2D eigenvalue weighted by Crippen LogP contribution is -2.08. The number of hydrogen-bond acceptors (Lipinski definition) is 4. The van der Waals surface area contributed by atoms with E-state index in [0.717, 1.165) is 31.6 Å². The molecule has 0 spiro atoms. The van der Waals surface area contributed by atoms with Crippen molar-refractivity contribution in [3.05, 3.63) is 68.6 Å². The van der Waals surface area contributed by atoms with E-state index in [1.807, 2.05) is 59.9 Å². The van der Waals surface area contributed by atoms with Crippen molar-refractivity contribution in [3.8, 4) is 5.75 Å². The summed E-state index contributed by atoms with van der Waals surface area (Å²) in [6.45, 7) is 0. The molecule has 1 fully saturated rings. The van der Waals surface area contributed by atoms with Gasteiger partial charge in [0.1, 0.15) is 5.75 Å². The van der Waals surface area contributed by atoms with E-state index >= 15 is 0 Å². The number of halogens is 2. The first-order valence-electron chi connectivity index (χ1n) is 7.80. The van der Waals surface area contributed by atoms with Crippen molar-refractivity contribution in [2.24, 2.45) is 0 Å². The van der Waals surface area contributed by atoms with Gasteiger partial charge in [-0.05, 0) is 59.9 Å². The van der Waals surface area contributed by atoms with Gasteiger partial charge in [0.05, 0.1) is 4.58 Å². The van der Waals surface area contributed by atoms with E-state index in [9.17, 15) is 4.79 Å². The van der Waals surface area contributed by atoms with Gasteiger partial charge in [-0.3, -0.25) is 0 Å². The average molecular weight is 500 g/mol. The van der Waals surface area contributed by atoms with Crippen LogP contribution in [0.5, 0.6) is 5.75 Å². The first kappa shape index (κ1) is 19.1. The maximum Gasteiger partial charge on any atom is 0.336 e. The van der Waals surface area contributed by atoms with Crippen LogP contribution in [0.25, 0.3) is 6.08 Å². The molecule has 0 aliphatic carbocycles. The van der Waals surface area contributed by atoms with E-state index in [2.05, 4.69) is 37.9 Å². The molecule has 3 rings (SSSR count). The van der Waals surface area contributed by atoms with Crippen molar-refractivity contribution < 1.29 is 9.53 Å². The highest BCUT2D eigenvalue weighted by Gasteiger charge is 2.21. The molecule has 1 aliphatic heterocycles. The molecule has 0 unspecified atom stereocenters. The lowest BCUT2D eigenvalue weighted by Gasteiger charge is -2.23. The normalized spacial score (nSPS) is 15.4. The highest BCUT2D eigenvalue weighted by atomic mass is 79.9. The summed E-state index contributed by atoms with van der Waals surface area (Å²) < 4.78 is 7.93. The fourth-order valence-corrected chi connectivity index (χ4v) is 5.91. The van der Waals surface area contributed by atoms with Crippen molar-refractivity contribution in [1.29, 1.82) is 0 Å². The number of benzene rings is 2. The summed E-state index contributed by atoms with van der Waals surface area (Å²) in [5, 5.41) is 0. The van der Waals surface area contributed by atoms with Crippen LogP contribution in [-0.4, -0.2) is 17.5 Å². The first-order chi connectivity index (χ1) is 12.1. The van der Waals surface area contributed by atoms with Gasteiger partial charge in [-0.2, -0.15) is 0 Å². The second kappa shape index (κ2) is 9.31. The molecular formula is C19H16Br2O2S2. The Morgan fingerprint density at radius 1 is 1.04 bits per heavy atom. The molecule has 0 amide bonds. The molecule has 1 heterocycles. The van der Waals surface area contributed by atoms with Gasteiger partial charge in [-0.1, -0.05) is 44.0 Å². The maximum atomic E-state index is 12.2. The maximum absolute atomic E-state index is 12.2. The molecule has 0 saturated carbocycles. The van der Waals surface area contributed by atoms with Crippen LogP contribution in [0.4, 0.5) is 0 Å². The average Bonchev–Trinajstić information content (AvgIpc) is 2.63. The summed E-state index contributed by atoms with van der Waals surface area (Å²) in [7, 11) is 0. The molecular weight excluding hydrogens is 484 g/mol. The van der Waals surface area contributed by atoms with Crippen molar-refractivity contribution in [3.63, 3.8) is 0 Å². The Bertz CT molecular complexity index is 769. The summed E-state index contributed by atoms with van der Waals surface area (Å²) in [6, 6.07) is 13.6. The Balaban J connectivity index is 1.73. The van der Waals surface area contributed by atoms with Crippen molar-refractivity contribution in [2.75, 3.05) is 11.5 Å². The van der Waals surface area contributed by atoms with Gasteiger partial charge < -0.3 is 4.74 Å². The van der Waals surface area contributed by atoms with E-state index in [4.69, 9.17) is 4.74 Å². The number of carbonyl (C=O) groups is 1. The van der Waals surface area contributed by atoms with Crippen LogP contribution in [0.1, 0.15) is 22.1 Å². The number of rotatable bonds is 4. The molecule has 130 valence electrons. The van der Waals surface area contributed by atoms with E-state index < -0.39 is 0 Å². The quantitative estimate of drug-likeness (QED) is 0.265. The van der Waals surface area contributed by atoms with Crippen LogP contribution in [0.3, 0.4) is 0 Å². The summed E-state index contributed by atoms with van der Waals surface area (Å²) >= 11 is 10.7. The minimum atomic E-state index is -0.364. The minimum absolute atomic E-state index is 0.310. The summed E-state index contributed by atoms with van der Waals surface area (Å²) in [6.07, 6.45) is 4.46. The molecule has 25 heavy (non-hydrogen) atoms. The minimum Gasteiger partial charge on any atom is -0.423 e. The highest BCUT2D eigenvalue weighted by molar-refractivity contribution is 9.10. The Hall–Kier alpha value is -0.690. The lowest BCUT2D eigenvalue weighted by molar-refractivity contribution is -0.128. The summed E-state index contributed by atoms with van der Waals surface area (Å²) in [5.41, 5.74) is 2.02. The van der Waals surface area contributed by atoms with Crippen molar-refractivity contribution in [2.45, 2.75) is 11.0 Å². The summed E-state index contributed by atoms with van der Waals surface area (Å²) in [5.74, 6) is 2.56. The Morgan fingerprint density at radius 3 is 2.44 bits per heavy atom. The van der Waals surface area contributed by atoms with Gasteiger partial charge in [0, 0.05) is 20.6 Å². The predicted molar refractivity (Wildman–Crippen MR) is 115 cm³/mol. The van der Waals surface area contributed by atoms with Gasteiger partial charge in [0.15, 0.2) is 0 Å². The van der Waals surface area contributed by atoms with Crippen LogP contribution in [-0.2, 0) is 4.79 Å². The van der Waals surface area contributed by atoms with Crippen LogP contribution in [0.15, 0.2) is 57.5 Å². The largest absolute Gasteiger partial charge is 0.423 e. The Morgan fingerprint density at radius 2 is 1.72 bits per heavy atom. The van der Waals surface area contributed by atoms with E-state index in [-0.39, 0.29) is 5.97 Å². The molecule has 2 aromatic carbocycles. The van der Waals surface area contributed by atoms with Gasteiger partial charge in [0.25, 0.3) is 0 Å². The fourth-order valence-electron chi connectivity index (χ4n) is 2.34.